The fourth-order valence-corrected chi connectivity index (χ4v) is 2.39. The summed E-state index contributed by atoms with van der Waals surface area (Å²) in [6.45, 7) is 2.61. The van der Waals surface area contributed by atoms with Crippen molar-refractivity contribution in [2.24, 2.45) is 0 Å². The Bertz CT molecular complexity index is 741. The SMILES string of the molecule is CCOc1ccc(-c2cc3ccccn3c2C=O)cc1. The summed E-state index contributed by atoms with van der Waals surface area (Å²) < 4.78 is 7.34. The van der Waals surface area contributed by atoms with Gasteiger partial charge in [-0.3, -0.25) is 4.79 Å². The van der Waals surface area contributed by atoms with Crippen molar-refractivity contribution in [1.29, 1.82) is 0 Å². The summed E-state index contributed by atoms with van der Waals surface area (Å²) in [6.07, 6.45) is 2.80. The maximum absolute atomic E-state index is 11.4. The third kappa shape index (κ3) is 2.07. The second-order valence-electron chi connectivity index (χ2n) is 4.51. The molecule has 0 saturated carbocycles. The Kier molecular flexibility index (Phi) is 3.25. The molecule has 0 radical (unpaired) electrons. The number of ether oxygens (including phenoxy) is 1. The predicted octanol–water partition coefficient (Wildman–Crippen LogP) is 3.82. The second kappa shape index (κ2) is 5.21. The summed E-state index contributed by atoms with van der Waals surface area (Å²) in [4.78, 5) is 11.4. The zero-order chi connectivity index (χ0) is 13.9. The van der Waals surface area contributed by atoms with Crippen molar-refractivity contribution in [2.45, 2.75) is 6.92 Å². The molecule has 2 heterocycles. The summed E-state index contributed by atoms with van der Waals surface area (Å²) in [7, 11) is 0. The normalized spacial score (nSPS) is 10.7. The van der Waals surface area contributed by atoms with Crippen molar-refractivity contribution in [3.63, 3.8) is 0 Å². The number of hydrogen-bond donors (Lipinski definition) is 0. The van der Waals surface area contributed by atoms with Crippen molar-refractivity contribution in [1.82, 2.24) is 4.40 Å². The number of benzene rings is 1. The van der Waals surface area contributed by atoms with Gasteiger partial charge in [-0.05, 0) is 42.8 Å². The maximum atomic E-state index is 11.4. The molecule has 2 aromatic heterocycles. The van der Waals surface area contributed by atoms with Gasteiger partial charge in [0.05, 0.1) is 12.3 Å². The number of aromatic nitrogens is 1. The van der Waals surface area contributed by atoms with Gasteiger partial charge >= 0.3 is 0 Å². The van der Waals surface area contributed by atoms with Crippen LogP contribution in [-0.2, 0) is 0 Å². The fourth-order valence-electron chi connectivity index (χ4n) is 2.39. The molecule has 1 aromatic carbocycles. The van der Waals surface area contributed by atoms with Crippen LogP contribution in [0.4, 0.5) is 0 Å². The minimum Gasteiger partial charge on any atom is -0.494 e. The van der Waals surface area contributed by atoms with Gasteiger partial charge in [-0.1, -0.05) is 18.2 Å². The van der Waals surface area contributed by atoms with E-state index in [1.807, 2.05) is 66.1 Å². The molecule has 3 aromatic rings. The average Bonchev–Trinajstić information content (AvgIpc) is 2.87. The van der Waals surface area contributed by atoms with E-state index in [2.05, 4.69) is 0 Å². The number of rotatable bonds is 4. The molecule has 100 valence electrons. The molecule has 0 aliphatic carbocycles. The van der Waals surface area contributed by atoms with E-state index in [0.29, 0.717) is 12.3 Å². The lowest BCUT2D eigenvalue weighted by Gasteiger charge is -2.04. The van der Waals surface area contributed by atoms with Crippen LogP contribution in [-0.4, -0.2) is 17.3 Å². The van der Waals surface area contributed by atoms with Gasteiger partial charge in [0.25, 0.3) is 0 Å². The van der Waals surface area contributed by atoms with E-state index < -0.39 is 0 Å². The van der Waals surface area contributed by atoms with Gasteiger partial charge in [0, 0.05) is 17.3 Å². The van der Waals surface area contributed by atoms with Crippen molar-refractivity contribution < 1.29 is 9.53 Å². The molecular weight excluding hydrogens is 250 g/mol. The smallest absolute Gasteiger partial charge is 0.167 e. The summed E-state index contributed by atoms with van der Waals surface area (Å²) in [5, 5.41) is 0. The molecule has 0 aliphatic heterocycles. The Balaban J connectivity index is 2.11. The first-order chi connectivity index (χ1) is 9.83. The quantitative estimate of drug-likeness (QED) is 0.671. The number of aldehydes is 1. The third-order valence-electron chi connectivity index (χ3n) is 3.31. The summed E-state index contributed by atoms with van der Waals surface area (Å²) >= 11 is 0. The fraction of sp³-hybridized carbons (Fsp3) is 0.118. The zero-order valence-electron chi connectivity index (χ0n) is 11.2. The molecule has 0 spiro atoms. The standard InChI is InChI=1S/C17H15NO2/c1-2-20-15-8-6-13(7-9-15)16-11-14-5-3-4-10-18(14)17(16)12-19/h3-12H,2H2,1H3. The molecule has 3 heteroatoms. The lowest BCUT2D eigenvalue weighted by atomic mass is 10.1. The number of carbonyl (C=O) groups is 1. The van der Waals surface area contributed by atoms with E-state index in [4.69, 9.17) is 4.74 Å². The Morgan fingerprint density at radius 3 is 2.65 bits per heavy atom. The van der Waals surface area contributed by atoms with E-state index in [1.165, 1.54) is 0 Å². The van der Waals surface area contributed by atoms with Crippen LogP contribution in [0.5, 0.6) is 5.75 Å². The van der Waals surface area contributed by atoms with E-state index >= 15 is 0 Å². The Morgan fingerprint density at radius 1 is 1.15 bits per heavy atom. The summed E-state index contributed by atoms with van der Waals surface area (Å²) in [5.74, 6) is 0.840. The number of fused-ring (bicyclic) bond motifs is 1. The van der Waals surface area contributed by atoms with Gasteiger partial charge in [-0.2, -0.15) is 0 Å². The van der Waals surface area contributed by atoms with Gasteiger partial charge in [-0.15, -0.1) is 0 Å². The summed E-state index contributed by atoms with van der Waals surface area (Å²) in [6, 6.07) is 15.7. The maximum Gasteiger partial charge on any atom is 0.167 e. The lowest BCUT2D eigenvalue weighted by Crippen LogP contribution is -1.92. The molecule has 3 rings (SSSR count). The van der Waals surface area contributed by atoms with Crippen molar-refractivity contribution in [3.05, 3.63) is 60.4 Å². The highest BCUT2D eigenvalue weighted by molar-refractivity contribution is 5.89. The van der Waals surface area contributed by atoms with Gasteiger partial charge in [0.2, 0.25) is 0 Å². The largest absolute Gasteiger partial charge is 0.494 e. The number of carbonyl (C=O) groups excluding carboxylic acids is 1. The Morgan fingerprint density at radius 2 is 1.95 bits per heavy atom. The van der Waals surface area contributed by atoms with Crippen LogP contribution in [0.1, 0.15) is 17.4 Å². The van der Waals surface area contributed by atoms with E-state index in [-0.39, 0.29) is 0 Å². The molecule has 0 atom stereocenters. The first-order valence-electron chi connectivity index (χ1n) is 6.62. The molecule has 0 bridgehead atoms. The molecule has 0 N–H and O–H groups in total. The molecule has 0 amide bonds. The van der Waals surface area contributed by atoms with Crippen LogP contribution in [0.3, 0.4) is 0 Å². The molecule has 0 aliphatic rings. The minimum absolute atomic E-state index is 0.648. The first-order valence-corrected chi connectivity index (χ1v) is 6.62. The van der Waals surface area contributed by atoms with E-state index in [9.17, 15) is 4.79 Å². The summed E-state index contributed by atoms with van der Waals surface area (Å²) in [5.41, 5.74) is 3.64. The topological polar surface area (TPSA) is 30.7 Å². The minimum atomic E-state index is 0.648. The number of nitrogens with zero attached hydrogens (tertiary/aromatic N) is 1. The Hall–Kier alpha value is -2.55. The van der Waals surface area contributed by atoms with Crippen molar-refractivity contribution in [2.75, 3.05) is 6.61 Å². The highest BCUT2D eigenvalue weighted by Gasteiger charge is 2.10. The lowest BCUT2D eigenvalue weighted by molar-refractivity contribution is 0.111. The number of hydrogen-bond acceptors (Lipinski definition) is 2. The van der Waals surface area contributed by atoms with Crippen molar-refractivity contribution >= 4 is 11.8 Å². The van der Waals surface area contributed by atoms with Crippen LogP contribution in [0.15, 0.2) is 54.7 Å². The highest BCUT2D eigenvalue weighted by Crippen LogP contribution is 2.28. The van der Waals surface area contributed by atoms with Gasteiger partial charge in [-0.25, -0.2) is 0 Å². The monoisotopic (exact) mass is 265 g/mol. The van der Waals surface area contributed by atoms with Crippen LogP contribution in [0.2, 0.25) is 0 Å². The molecule has 0 saturated heterocycles. The van der Waals surface area contributed by atoms with Crippen LogP contribution in [0, 0.1) is 0 Å². The van der Waals surface area contributed by atoms with Gasteiger partial charge < -0.3 is 9.14 Å². The molecule has 20 heavy (non-hydrogen) atoms. The average molecular weight is 265 g/mol. The number of pyridine rings is 1. The molecule has 0 unspecified atom stereocenters. The van der Waals surface area contributed by atoms with Crippen LogP contribution >= 0.6 is 0 Å². The van der Waals surface area contributed by atoms with Gasteiger partial charge in [0.1, 0.15) is 5.75 Å². The van der Waals surface area contributed by atoms with E-state index in [1.54, 1.807) is 0 Å². The third-order valence-corrected chi connectivity index (χ3v) is 3.31. The van der Waals surface area contributed by atoms with Crippen molar-refractivity contribution in [3.8, 4) is 16.9 Å². The first kappa shape index (κ1) is 12.5. The zero-order valence-corrected chi connectivity index (χ0v) is 11.2. The predicted molar refractivity (Wildman–Crippen MR) is 79.4 cm³/mol. The van der Waals surface area contributed by atoms with Crippen LogP contribution < -0.4 is 4.74 Å². The van der Waals surface area contributed by atoms with Crippen LogP contribution in [0.25, 0.3) is 16.6 Å². The second-order valence-corrected chi connectivity index (χ2v) is 4.51. The molecule has 3 nitrogen and oxygen atoms in total. The highest BCUT2D eigenvalue weighted by atomic mass is 16.5. The molecule has 0 fully saturated rings. The molecular formula is C17H15NO2. The Labute approximate surface area is 117 Å². The van der Waals surface area contributed by atoms with E-state index in [0.717, 1.165) is 28.7 Å². The van der Waals surface area contributed by atoms with Gasteiger partial charge in [0.15, 0.2) is 6.29 Å².